The van der Waals surface area contributed by atoms with Crippen molar-refractivity contribution in [3.63, 3.8) is 0 Å². The third kappa shape index (κ3) is 2.93. The lowest BCUT2D eigenvalue weighted by Crippen LogP contribution is -2.32. The molecule has 1 aliphatic heterocycles. The van der Waals surface area contributed by atoms with Gasteiger partial charge in [-0.3, -0.25) is 0 Å². The maximum atomic E-state index is 5.51. The van der Waals surface area contributed by atoms with Gasteiger partial charge >= 0.3 is 0 Å². The van der Waals surface area contributed by atoms with Crippen molar-refractivity contribution in [1.29, 1.82) is 0 Å². The molecular weight excluding hydrogens is 188 g/mol. The van der Waals surface area contributed by atoms with E-state index < -0.39 is 0 Å². The van der Waals surface area contributed by atoms with E-state index >= 15 is 0 Å². The Hall–Kier alpha value is -1.09. The van der Waals surface area contributed by atoms with Gasteiger partial charge in [-0.2, -0.15) is 0 Å². The number of anilines is 1. The smallest absolute Gasteiger partial charge is 0.126 e. The molecule has 0 bridgehead atoms. The number of pyridine rings is 1. The number of hydrogen-bond donors (Lipinski definition) is 1. The molecule has 3 heteroatoms. The van der Waals surface area contributed by atoms with Gasteiger partial charge < -0.3 is 10.1 Å². The molecule has 3 nitrogen and oxygen atoms in total. The SMILES string of the molecule is Cc1ccnc(NC2CCOC(C)C2)c1. The van der Waals surface area contributed by atoms with Crippen molar-refractivity contribution in [2.24, 2.45) is 0 Å². The van der Waals surface area contributed by atoms with E-state index in [1.807, 2.05) is 12.3 Å². The van der Waals surface area contributed by atoms with Gasteiger partial charge in [0, 0.05) is 18.8 Å². The lowest BCUT2D eigenvalue weighted by Gasteiger charge is -2.28. The number of hydrogen-bond acceptors (Lipinski definition) is 3. The van der Waals surface area contributed by atoms with Gasteiger partial charge in [-0.05, 0) is 44.4 Å². The first kappa shape index (κ1) is 10.4. The summed E-state index contributed by atoms with van der Waals surface area (Å²) in [5.74, 6) is 0.981. The molecule has 1 aromatic heterocycles. The standard InChI is InChI=1S/C12H18N2O/c1-9-3-5-13-12(7-9)14-11-4-6-15-10(2)8-11/h3,5,7,10-11H,4,6,8H2,1-2H3,(H,13,14). The van der Waals surface area contributed by atoms with Crippen molar-refractivity contribution in [3.8, 4) is 0 Å². The maximum absolute atomic E-state index is 5.51. The Balaban J connectivity index is 1.96. The van der Waals surface area contributed by atoms with Crippen LogP contribution in [0.4, 0.5) is 5.82 Å². The van der Waals surface area contributed by atoms with Gasteiger partial charge in [0.25, 0.3) is 0 Å². The molecule has 0 aliphatic carbocycles. The van der Waals surface area contributed by atoms with E-state index in [4.69, 9.17) is 4.74 Å². The summed E-state index contributed by atoms with van der Waals surface area (Å²) in [6.07, 6.45) is 4.34. The fraction of sp³-hybridized carbons (Fsp3) is 0.583. The highest BCUT2D eigenvalue weighted by molar-refractivity contribution is 5.38. The Morgan fingerprint density at radius 3 is 3.13 bits per heavy atom. The van der Waals surface area contributed by atoms with E-state index in [9.17, 15) is 0 Å². The van der Waals surface area contributed by atoms with Gasteiger partial charge in [-0.25, -0.2) is 4.98 Å². The second-order valence-corrected chi connectivity index (χ2v) is 4.27. The van der Waals surface area contributed by atoms with Crippen LogP contribution in [0.2, 0.25) is 0 Å². The molecule has 15 heavy (non-hydrogen) atoms. The van der Waals surface area contributed by atoms with Gasteiger partial charge in [0.05, 0.1) is 6.10 Å². The normalized spacial score (nSPS) is 26.3. The minimum Gasteiger partial charge on any atom is -0.378 e. The number of nitrogens with one attached hydrogen (secondary N) is 1. The third-order valence-electron chi connectivity index (χ3n) is 2.75. The Morgan fingerprint density at radius 2 is 2.40 bits per heavy atom. The molecular formula is C12H18N2O. The molecule has 82 valence electrons. The fourth-order valence-electron chi connectivity index (χ4n) is 1.95. The van der Waals surface area contributed by atoms with Gasteiger partial charge in [0.2, 0.25) is 0 Å². The van der Waals surface area contributed by atoms with Crippen LogP contribution < -0.4 is 5.32 Å². The Bertz CT molecular complexity index is 327. The van der Waals surface area contributed by atoms with Crippen LogP contribution in [0.1, 0.15) is 25.3 Å². The number of nitrogens with zero attached hydrogens (tertiary/aromatic N) is 1. The summed E-state index contributed by atoms with van der Waals surface area (Å²) in [5.41, 5.74) is 1.24. The van der Waals surface area contributed by atoms with Crippen molar-refractivity contribution in [1.82, 2.24) is 4.98 Å². The molecule has 0 amide bonds. The van der Waals surface area contributed by atoms with E-state index in [-0.39, 0.29) is 0 Å². The van der Waals surface area contributed by atoms with Crippen LogP contribution in [-0.4, -0.2) is 23.7 Å². The lowest BCUT2D eigenvalue weighted by atomic mass is 10.0. The number of aryl methyl sites for hydroxylation is 1. The van der Waals surface area contributed by atoms with Gasteiger partial charge in [-0.15, -0.1) is 0 Å². The van der Waals surface area contributed by atoms with Gasteiger partial charge in [-0.1, -0.05) is 0 Å². The minimum atomic E-state index is 0.362. The summed E-state index contributed by atoms with van der Waals surface area (Å²) < 4.78 is 5.51. The van der Waals surface area contributed by atoms with Crippen LogP contribution in [0.15, 0.2) is 18.3 Å². The zero-order valence-corrected chi connectivity index (χ0v) is 9.36. The molecule has 1 saturated heterocycles. The first-order chi connectivity index (χ1) is 7.24. The van der Waals surface area contributed by atoms with E-state index in [2.05, 4.69) is 30.2 Å². The van der Waals surface area contributed by atoms with E-state index in [1.165, 1.54) is 5.56 Å². The van der Waals surface area contributed by atoms with Crippen LogP contribution in [-0.2, 0) is 4.74 Å². The Morgan fingerprint density at radius 1 is 1.53 bits per heavy atom. The summed E-state index contributed by atoms with van der Waals surface area (Å²) in [4.78, 5) is 4.31. The zero-order valence-electron chi connectivity index (χ0n) is 9.36. The lowest BCUT2D eigenvalue weighted by molar-refractivity contribution is 0.0232. The van der Waals surface area contributed by atoms with Crippen molar-refractivity contribution >= 4 is 5.82 Å². The predicted molar refractivity (Wildman–Crippen MR) is 61.0 cm³/mol. The first-order valence-corrected chi connectivity index (χ1v) is 5.55. The molecule has 2 atom stereocenters. The number of rotatable bonds is 2. The summed E-state index contributed by atoms with van der Waals surface area (Å²) >= 11 is 0. The summed E-state index contributed by atoms with van der Waals surface area (Å²) in [7, 11) is 0. The first-order valence-electron chi connectivity index (χ1n) is 5.55. The second-order valence-electron chi connectivity index (χ2n) is 4.27. The summed E-state index contributed by atoms with van der Waals surface area (Å²) in [6, 6.07) is 4.60. The molecule has 1 aliphatic rings. The van der Waals surface area contributed by atoms with Crippen LogP contribution in [0, 0.1) is 6.92 Å². The molecule has 0 spiro atoms. The molecule has 2 heterocycles. The largest absolute Gasteiger partial charge is 0.378 e. The topological polar surface area (TPSA) is 34.2 Å². The van der Waals surface area contributed by atoms with Gasteiger partial charge in [0.15, 0.2) is 0 Å². The zero-order chi connectivity index (χ0) is 10.7. The Labute approximate surface area is 90.9 Å². The number of ether oxygens (including phenoxy) is 1. The molecule has 0 radical (unpaired) electrons. The van der Waals surface area contributed by atoms with Crippen molar-refractivity contribution in [3.05, 3.63) is 23.9 Å². The minimum absolute atomic E-state index is 0.362. The molecule has 0 saturated carbocycles. The van der Waals surface area contributed by atoms with Crippen LogP contribution in [0.5, 0.6) is 0 Å². The average molecular weight is 206 g/mol. The van der Waals surface area contributed by atoms with Crippen molar-refractivity contribution in [2.75, 3.05) is 11.9 Å². The highest BCUT2D eigenvalue weighted by Gasteiger charge is 2.19. The van der Waals surface area contributed by atoms with E-state index in [1.54, 1.807) is 0 Å². The monoisotopic (exact) mass is 206 g/mol. The quantitative estimate of drug-likeness (QED) is 0.806. The average Bonchev–Trinajstić information content (AvgIpc) is 2.17. The summed E-state index contributed by atoms with van der Waals surface area (Å²) in [5, 5.41) is 3.46. The van der Waals surface area contributed by atoms with Crippen molar-refractivity contribution in [2.45, 2.75) is 38.8 Å². The molecule has 2 rings (SSSR count). The van der Waals surface area contributed by atoms with Crippen molar-refractivity contribution < 1.29 is 4.74 Å². The van der Waals surface area contributed by atoms with Crippen LogP contribution in [0.25, 0.3) is 0 Å². The third-order valence-corrected chi connectivity index (χ3v) is 2.75. The molecule has 1 aromatic rings. The molecule has 1 fully saturated rings. The number of aromatic nitrogens is 1. The predicted octanol–water partition coefficient (Wildman–Crippen LogP) is 2.37. The van der Waals surface area contributed by atoms with E-state index in [0.717, 1.165) is 25.3 Å². The fourth-order valence-corrected chi connectivity index (χ4v) is 1.95. The van der Waals surface area contributed by atoms with Crippen LogP contribution >= 0.6 is 0 Å². The molecule has 2 unspecified atom stereocenters. The van der Waals surface area contributed by atoms with Crippen LogP contribution in [0.3, 0.4) is 0 Å². The molecule has 1 N–H and O–H groups in total. The highest BCUT2D eigenvalue weighted by Crippen LogP contribution is 2.17. The maximum Gasteiger partial charge on any atom is 0.126 e. The molecule has 0 aromatic carbocycles. The Kier molecular flexibility index (Phi) is 3.21. The van der Waals surface area contributed by atoms with Gasteiger partial charge in [0.1, 0.15) is 5.82 Å². The van der Waals surface area contributed by atoms with E-state index in [0.29, 0.717) is 12.1 Å². The highest BCUT2D eigenvalue weighted by atomic mass is 16.5. The summed E-state index contributed by atoms with van der Waals surface area (Å²) in [6.45, 7) is 5.06. The second kappa shape index (κ2) is 4.62.